The largest absolute Gasteiger partial charge is 0.461 e. The van der Waals surface area contributed by atoms with E-state index in [0.29, 0.717) is 22.5 Å². The molecule has 0 unspecified atom stereocenters. The standard InChI is InChI=1S/C23H30N2O5/c1-5-29-23(28)21-15(2)20(16(3)24(21)4)18(26)14-25(17-10-7-6-8-11-17)22(27)19-12-9-13-30-19/h9,12-13,17H,5-8,10-11,14H2,1-4H3. The van der Waals surface area contributed by atoms with Crippen molar-refractivity contribution in [3.05, 3.63) is 46.7 Å². The number of ketones is 1. The molecule has 0 aromatic carbocycles. The number of hydrogen-bond donors (Lipinski definition) is 0. The first-order valence-electron chi connectivity index (χ1n) is 10.6. The highest BCUT2D eigenvalue weighted by Crippen LogP contribution is 2.27. The first-order valence-corrected chi connectivity index (χ1v) is 10.6. The summed E-state index contributed by atoms with van der Waals surface area (Å²) in [5.41, 5.74) is 2.13. The molecule has 1 amide bonds. The Kier molecular flexibility index (Phi) is 6.80. The Morgan fingerprint density at radius 1 is 1.20 bits per heavy atom. The maximum Gasteiger partial charge on any atom is 0.355 e. The van der Waals surface area contributed by atoms with Crippen LogP contribution in [0.15, 0.2) is 22.8 Å². The summed E-state index contributed by atoms with van der Waals surface area (Å²) in [5.74, 6) is -0.656. The lowest BCUT2D eigenvalue weighted by Crippen LogP contribution is -2.44. The Hall–Kier alpha value is -2.83. The van der Waals surface area contributed by atoms with Gasteiger partial charge in [-0.05, 0) is 51.3 Å². The molecule has 0 spiro atoms. The molecule has 0 radical (unpaired) electrons. The second-order valence-electron chi connectivity index (χ2n) is 7.84. The van der Waals surface area contributed by atoms with Crippen LogP contribution >= 0.6 is 0 Å². The lowest BCUT2D eigenvalue weighted by Gasteiger charge is -2.33. The maximum absolute atomic E-state index is 13.4. The molecular weight excluding hydrogens is 384 g/mol. The number of hydrogen-bond acceptors (Lipinski definition) is 5. The van der Waals surface area contributed by atoms with Gasteiger partial charge < -0.3 is 18.6 Å². The number of ether oxygens (including phenoxy) is 1. The fourth-order valence-electron chi connectivity index (χ4n) is 4.41. The van der Waals surface area contributed by atoms with Crippen LogP contribution in [0.3, 0.4) is 0 Å². The van der Waals surface area contributed by atoms with Gasteiger partial charge in [-0.25, -0.2) is 4.79 Å². The Bertz CT molecular complexity index is 920. The van der Waals surface area contributed by atoms with Crippen LogP contribution in [0.4, 0.5) is 0 Å². The minimum Gasteiger partial charge on any atom is -0.461 e. The Labute approximate surface area is 177 Å². The molecule has 0 N–H and O–H groups in total. The zero-order valence-corrected chi connectivity index (χ0v) is 18.2. The number of Topliss-reactive ketones (excluding diaryl/α,β-unsaturated/α-hetero) is 1. The topological polar surface area (TPSA) is 81.8 Å². The zero-order chi connectivity index (χ0) is 21.8. The van der Waals surface area contributed by atoms with E-state index in [9.17, 15) is 14.4 Å². The predicted octanol–water partition coefficient (Wildman–Crippen LogP) is 4.07. The summed E-state index contributed by atoms with van der Waals surface area (Å²) in [4.78, 5) is 40.5. The predicted molar refractivity (Wildman–Crippen MR) is 112 cm³/mol. The molecule has 1 fully saturated rings. The lowest BCUT2D eigenvalue weighted by molar-refractivity contribution is 0.0513. The van der Waals surface area contributed by atoms with Crippen LogP contribution in [0.2, 0.25) is 0 Å². The van der Waals surface area contributed by atoms with Crippen LogP contribution in [-0.4, -0.2) is 46.3 Å². The van der Waals surface area contributed by atoms with Crippen molar-refractivity contribution in [2.24, 2.45) is 7.05 Å². The molecular formula is C23H30N2O5. The molecule has 2 aromatic rings. The summed E-state index contributed by atoms with van der Waals surface area (Å²) in [6.45, 7) is 5.53. The highest BCUT2D eigenvalue weighted by molar-refractivity contribution is 6.05. The van der Waals surface area contributed by atoms with Gasteiger partial charge in [0.2, 0.25) is 0 Å². The van der Waals surface area contributed by atoms with Crippen LogP contribution in [-0.2, 0) is 11.8 Å². The third kappa shape index (κ3) is 4.20. The quantitative estimate of drug-likeness (QED) is 0.504. The van der Waals surface area contributed by atoms with Crippen molar-refractivity contribution in [1.82, 2.24) is 9.47 Å². The Morgan fingerprint density at radius 2 is 1.90 bits per heavy atom. The summed E-state index contributed by atoms with van der Waals surface area (Å²) in [5, 5.41) is 0. The maximum atomic E-state index is 13.4. The van der Waals surface area contributed by atoms with Crippen molar-refractivity contribution in [3.63, 3.8) is 0 Å². The molecule has 162 valence electrons. The first kappa shape index (κ1) is 21.9. The lowest BCUT2D eigenvalue weighted by atomic mass is 9.93. The first-order chi connectivity index (χ1) is 14.4. The van der Waals surface area contributed by atoms with Crippen LogP contribution < -0.4 is 0 Å². The summed E-state index contributed by atoms with van der Waals surface area (Å²) in [6.07, 6.45) is 6.44. The third-order valence-corrected chi connectivity index (χ3v) is 6.00. The average molecular weight is 415 g/mol. The Balaban J connectivity index is 1.91. The van der Waals surface area contributed by atoms with Gasteiger partial charge in [0, 0.05) is 24.3 Å². The minimum atomic E-state index is -0.449. The monoisotopic (exact) mass is 414 g/mol. The van der Waals surface area contributed by atoms with E-state index in [1.54, 1.807) is 42.5 Å². The molecule has 1 aliphatic carbocycles. The van der Waals surface area contributed by atoms with Crippen molar-refractivity contribution < 1.29 is 23.5 Å². The molecule has 30 heavy (non-hydrogen) atoms. The van der Waals surface area contributed by atoms with Crippen LogP contribution in [0, 0.1) is 13.8 Å². The fourth-order valence-corrected chi connectivity index (χ4v) is 4.41. The van der Waals surface area contributed by atoms with Crippen LogP contribution in [0.1, 0.15) is 81.7 Å². The van der Waals surface area contributed by atoms with Crippen molar-refractivity contribution >= 4 is 17.7 Å². The van der Waals surface area contributed by atoms with Gasteiger partial charge in [-0.2, -0.15) is 0 Å². The second-order valence-corrected chi connectivity index (χ2v) is 7.84. The highest BCUT2D eigenvalue weighted by Gasteiger charge is 2.32. The average Bonchev–Trinajstić information content (AvgIpc) is 3.34. The number of nitrogens with zero attached hydrogens (tertiary/aromatic N) is 2. The van der Waals surface area contributed by atoms with E-state index < -0.39 is 5.97 Å². The van der Waals surface area contributed by atoms with Gasteiger partial charge in [0.15, 0.2) is 11.5 Å². The summed E-state index contributed by atoms with van der Waals surface area (Å²) >= 11 is 0. The van der Waals surface area contributed by atoms with Gasteiger partial charge in [0.25, 0.3) is 5.91 Å². The fraction of sp³-hybridized carbons (Fsp3) is 0.522. The zero-order valence-electron chi connectivity index (χ0n) is 18.2. The van der Waals surface area contributed by atoms with Crippen molar-refractivity contribution in [1.29, 1.82) is 0 Å². The van der Waals surface area contributed by atoms with Gasteiger partial charge in [-0.15, -0.1) is 0 Å². The molecule has 7 heteroatoms. The van der Waals surface area contributed by atoms with E-state index in [1.165, 1.54) is 6.26 Å². The normalized spacial score (nSPS) is 14.5. The molecule has 0 bridgehead atoms. The number of carbonyl (C=O) groups excluding carboxylic acids is 3. The minimum absolute atomic E-state index is 0.00847. The Morgan fingerprint density at radius 3 is 2.50 bits per heavy atom. The third-order valence-electron chi connectivity index (χ3n) is 6.00. The van der Waals surface area contributed by atoms with Gasteiger partial charge in [-0.1, -0.05) is 19.3 Å². The van der Waals surface area contributed by atoms with E-state index in [0.717, 1.165) is 32.1 Å². The smallest absolute Gasteiger partial charge is 0.355 e. The van der Waals surface area contributed by atoms with Gasteiger partial charge in [-0.3, -0.25) is 9.59 Å². The number of amides is 1. The van der Waals surface area contributed by atoms with E-state index in [-0.39, 0.29) is 36.6 Å². The molecule has 2 aromatic heterocycles. The SMILES string of the molecule is CCOC(=O)c1c(C)c(C(=O)CN(C(=O)c2ccco2)C2CCCCC2)c(C)n1C. The second kappa shape index (κ2) is 9.32. The molecule has 1 aliphatic rings. The summed E-state index contributed by atoms with van der Waals surface area (Å²) < 4.78 is 12.2. The van der Waals surface area contributed by atoms with Gasteiger partial charge in [0.1, 0.15) is 5.69 Å². The van der Waals surface area contributed by atoms with Crippen LogP contribution in [0.25, 0.3) is 0 Å². The number of aromatic nitrogens is 1. The highest BCUT2D eigenvalue weighted by atomic mass is 16.5. The van der Waals surface area contributed by atoms with E-state index in [4.69, 9.17) is 9.15 Å². The van der Waals surface area contributed by atoms with Crippen LogP contribution in [0.5, 0.6) is 0 Å². The van der Waals surface area contributed by atoms with Gasteiger partial charge >= 0.3 is 5.97 Å². The summed E-state index contributed by atoms with van der Waals surface area (Å²) in [7, 11) is 1.75. The van der Waals surface area contributed by atoms with Gasteiger partial charge in [0.05, 0.1) is 19.4 Å². The van der Waals surface area contributed by atoms with E-state index >= 15 is 0 Å². The molecule has 2 heterocycles. The molecule has 3 rings (SSSR count). The number of rotatable bonds is 7. The number of esters is 1. The molecule has 0 aliphatic heterocycles. The molecule has 1 saturated carbocycles. The summed E-state index contributed by atoms with van der Waals surface area (Å²) in [6, 6.07) is 3.31. The van der Waals surface area contributed by atoms with E-state index in [2.05, 4.69) is 0 Å². The van der Waals surface area contributed by atoms with Crippen molar-refractivity contribution in [2.75, 3.05) is 13.2 Å². The molecule has 7 nitrogen and oxygen atoms in total. The molecule has 0 saturated heterocycles. The number of carbonyl (C=O) groups is 3. The van der Waals surface area contributed by atoms with Crippen molar-refractivity contribution in [2.45, 2.75) is 58.9 Å². The van der Waals surface area contributed by atoms with Crippen molar-refractivity contribution in [3.8, 4) is 0 Å². The number of furan rings is 1. The molecule has 0 atom stereocenters. The van der Waals surface area contributed by atoms with E-state index in [1.807, 2.05) is 6.92 Å².